The minimum absolute atomic E-state index is 0.00536. The summed E-state index contributed by atoms with van der Waals surface area (Å²) in [5.74, 6) is 0.572. The summed E-state index contributed by atoms with van der Waals surface area (Å²) in [4.78, 5) is 42.5. The molecule has 0 atom stereocenters. The lowest BCUT2D eigenvalue weighted by molar-refractivity contribution is -0.128. The molecule has 2 fully saturated rings. The molecule has 1 aromatic heterocycles. The zero-order chi connectivity index (χ0) is 18.2. The number of nitrogens with zero attached hydrogens (tertiary/aromatic N) is 2. The Kier molecular flexibility index (Phi) is 4.91. The molecule has 2 saturated heterocycles. The molecule has 2 amide bonds. The molecule has 2 aliphatic rings. The first-order valence-electron chi connectivity index (χ1n) is 8.75. The largest absolute Gasteiger partial charge is 0.342 e. The van der Waals surface area contributed by atoms with Gasteiger partial charge in [-0.15, -0.1) is 0 Å². The summed E-state index contributed by atoms with van der Waals surface area (Å²) < 4.78 is 0. The van der Waals surface area contributed by atoms with Gasteiger partial charge in [0, 0.05) is 44.2 Å². The number of likely N-dealkylation sites (tertiary alicyclic amines) is 2. The second kappa shape index (κ2) is 6.83. The van der Waals surface area contributed by atoms with Gasteiger partial charge in [0.2, 0.25) is 5.91 Å². The Morgan fingerprint density at radius 3 is 2.60 bits per heavy atom. The predicted molar refractivity (Wildman–Crippen MR) is 95.7 cm³/mol. The van der Waals surface area contributed by atoms with E-state index in [1.165, 1.54) is 12.3 Å². The van der Waals surface area contributed by atoms with Gasteiger partial charge < -0.3 is 14.8 Å². The molecule has 2 aliphatic heterocycles. The van der Waals surface area contributed by atoms with Crippen molar-refractivity contribution in [2.45, 2.75) is 33.1 Å². The lowest BCUT2D eigenvalue weighted by atomic mass is 9.77. The number of piperidine rings is 1. The van der Waals surface area contributed by atoms with Crippen LogP contribution in [0.2, 0.25) is 5.02 Å². The number of halogens is 1. The highest BCUT2D eigenvalue weighted by atomic mass is 35.5. The standard InChI is InChI=1S/C18H24ClN3O3/c1-12(2)10-22-11-18(8-15(22)23)3-5-21(6-4-18)17(25)13-7-14(19)16(24)20-9-13/h7,9,12H,3-6,8,10-11H2,1-2H3,(H,20,24). The van der Waals surface area contributed by atoms with E-state index < -0.39 is 5.56 Å². The molecular weight excluding hydrogens is 342 g/mol. The van der Waals surface area contributed by atoms with E-state index in [0.29, 0.717) is 31.0 Å². The number of carbonyl (C=O) groups is 2. The van der Waals surface area contributed by atoms with E-state index >= 15 is 0 Å². The van der Waals surface area contributed by atoms with Gasteiger partial charge in [-0.25, -0.2) is 0 Å². The fourth-order valence-corrected chi connectivity index (χ4v) is 4.04. The zero-order valence-electron chi connectivity index (χ0n) is 14.7. The summed E-state index contributed by atoms with van der Waals surface area (Å²) >= 11 is 5.81. The second-order valence-electron chi connectivity index (χ2n) is 7.70. The molecule has 3 heterocycles. The highest BCUT2D eigenvalue weighted by molar-refractivity contribution is 6.30. The summed E-state index contributed by atoms with van der Waals surface area (Å²) in [7, 11) is 0. The van der Waals surface area contributed by atoms with Crippen LogP contribution < -0.4 is 5.56 Å². The number of hydrogen-bond acceptors (Lipinski definition) is 3. The zero-order valence-corrected chi connectivity index (χ0v) is 15.4. The smallest absolute Gasteiger partial charge is 0.266 e. The van der Waals surface area contributed by atoms with Crippen molar-refractivity contribution < 1.29 is 9.59 Å². The summed E-state index contributed by atoms with van der Waals surface area (Å²) in [6, 6.07) is 1.41. The van der Waals surface area contributed by atoms with Crippen LogP contribution >= 0.6 is 11.6 Å². The fourth-order valence-electron chi connectivity index (χ4n) is 3.87. The summed E-state index contributed by atoms with van der Waals surface area (Å²) in [6.07, 6.45) is 3.66. The molecule has 3 rings (SSSR count). The Bertz CT molecular complexity index is 735. The molecule has 25 heavy (non-hydrogen) atoms. The third-order valence-electron chi connectivity index (χ3n) is 5.21. The monoisotopic (exact) mass is 365 g/mol. The van der Waals surface area contributed by atoms with Crippen molar-refractivity contribution in [2.75, 3.05) is 26.2 Å². The van der Waals surface area contributed by atoms with E-state index in [-0.39, 0.29) is 22.3 Å². The molecule has 0 aliphatic carbocycles. The Morgan fingerprint density at radius 2 is 2.00 bits per heavy atom. The third kappa shape index (κ3) is 3.73. The van der Waals surface area contributed by atoms with E-state index in [2.05, 4.69) is 18.8 Å². The van der Waals surface area contributed by atoms with Gasteiger partial charge >= 0.3 is 0 Å². The van der Waals surface area contributed by atoms with Crippen LogP contribution in [0.3, 0.4) is 0 Å². The topological polar surface area (TPSA) is 73.5 Å². The SMILES string of the molecule is CC(C)CN1CC2(CCN(C(=O)c3c[nH]c(=O)c(Cl)c3)CC2)CC1=O. The summed E-state index contributed by atoms with van der Waals surface area (Å²) in [5, 5.41) is 0.0186. The molecule has 0 radical (unpaired) electrons. The molecule has 6 nitrogen and oxygen atoms in total. The lowest BCUT2D eigenvalue weighted by Crippen LogP contribution is -2.44. The predicted octanol–water partition coefficient (Wildman–Crippen LogP) is 2.14. The number of hydrogen-bond donors (Lipinski definition) is 1. The average molecular weight is 366 g/mol. The molecule has 1 spiro atoms. The van der Waals surface area contributed by atoms with Crippen molar-refractivity contribution in [3.05, 3.63) is 33.2 Å². The van der Waals surface area contributed by atoms with Crippen molar-refractivity contribution in [1.29, 1.82) is 0 Å². The van der Waals surface area contributed by atoms with Gasteiger partial charge in [0.25, 0.3) is 11.5 Å². The maximum Gasteiger partial charge on any atom is 0.266 e. The molecule has 0 unspecified atom stereocenters. The van der Waals surface area contributed by atoms with Crippen molar-refractivity contribution in [1.82, 2.24) is 14.8 Å². The first-order valence-corrected chi connectivity index (χ1v) is 9.13. The van der Waals surface area contributed by atoms with E-state index in [4.69, 9.17) is 11.6 Å². The normalized spacial score (nSPS) is 19.9. The molecule has 7 heteroatoms. The molecule has 0 bridgehead atoms. The van der Waals surface area contributed by atoms with Crippen LogP contribution in [0.25, 0.3) is 0 Å². The van der Waals surface area contributed by atoms with E-state index in [1.54, 1.807) is 4.90 Å². The van der Waals surface area contributed by atoms with Gasteiger partial charge in [-0.2, -0.15) is 0 Å². The number of amides is 2. The Labute approximate surface area is 152 Å². The molecule has 0 saturated carbocycles. The minimum Gasteiger partial charge on any atom is -0.342 e. The van der Waals surface area contributed by atoms with Crippen LogP contribution in [0.1, 0.15) is 43.5 Å². The van der Waals surface area contributed by atoms with Crippen LogP contribution in [-0.4, -0.2) is 52.8 Å². The van der Waals surface area contributed by atoms with Crippen molar-refractivity contribution >= 4 is 23.4 Å². The minimum atomic E-state index is -0.398. The quantitative estimate of drug-likeness (QED) is 0.891. The highest BCUT2D eigenvalue weighted by Crippen LogP contribution is 2.41. The van der Waals surface area contributed by atoms with Crippen molar-refractivity contribution in [3.8, 4) is 0 Å². The Hall–Kier alpha value is -1.82. The van der Waals surface area contributed by atoms with Crippen LogP contribution in [0.15, 0.2) is 17.1 Å². The highest BCUT2D eigenvalue weighted by Gasteiger charge is 2.45. The molecular formula is C18H24ClN3O3. The Morgan fingerprint density at radius 1 is 1.32 bits per heavy atom. The first-order chi connectivity index (χ1) is 11.8. The number of aromatic nitrogens is 1. The van der Waals surface area contributed by atoms with Gasteiger partial charge in [-0.05, 0) is 24.8 Å². The average Bonchev–Trinajstić information content (AvgIpc) is 2.85. The second-order valence-corrected chi connectivity index (χ2v) is 8.11. The van der Waals surface area contributed by atoms with E-state index in [0.717, 1.165) is 25.9 Å². The van der Waals surface area contributed by atoms with E-state index in [9.17, 15) is 14.4 Å². The van der Waals surface area contributed by atoms with Crippen molar-refractivity contribution in [3.63, 3.8) is 0 Å². The fraction of sp³-hybridized carbons (Fsp3) is 0.611. The van der Waals surface area contributed by atoms with Crippen LogP contribution in [0.4, 0.5) is 0 Å². The maximum absolute atomic E-state index is 12.6. The number of nitrogens with one attached hydrogen (secondary N) is 1. The lowest BCUT2D eigenvalue weighted by Gasteiger charge is -2.39. The van der Waals surface area contributed by atoms with Gasteiger partial charge in [0.15, 0.2) is 0 Å². The molecule has 1 aromatic rings. The van der Waals surface area contributed by atoms with Crippen LogP contribution in [0, 0.1) is 11.3 Å². The number of rotatable bonds is 3. The third-order valence-corrected chi connectivity index (χ3v) is 5.49. The summed E-state index contributed by atoms with van der Waals surface area (Å²) in [5.41, 5.74) is 0.000735. The van der Waals surface area contributed by atoms with Crippen molar-refractivity contribution in [2.24, 2.45) is 11.3 Å². The van der Waals surface area contributed by atoms with Gasteiger partial charge in [-0.3, -0.25) is 14.4 Å². The van der Waals surface area contributed by atoms with Crippen LogP contribution in [-0.2, 0) is 4.79 Å². The van der Waals surface area contributed by atoms with Gasteiger partial charge in [-0.1, -0.05) is 25.4 Å². The maximum atomic E-state index is 12.6. The molecule has 136 valence electrons. The number of H-pyrrole nitrogens is 1. The van der Waals surface area contributed by atoms with Gasteiger partial charge in [0.1, 0.15) is 5.02 Å². The number of carbonyl (C=O) groups excluding carboxylic acids is 2. The van der Waals surface area contributed by atoms with Crippen LogP contribution in [0.5, 0.6) is 0 Å². The number of aromatic amines is 1. The van der Waals surface area contributed by atoms with E-state index in [1.807, 2.05) is 4.90 Å². The first kappa shape index (κ1) is 18.0. The van der Waals surface area contributed by atoms with Gasteiger partial charge in [0.05, 0.1) is 5.56 Å². The Balaban J connectivity index is 1.64. The number of pyridine rings is 1. The molecule has 0 aromatic carbocycles. The molecule has 1 N–H and O–H groups in total. The summed E-state index contributed by atoms with van der Waals surface area (Å²) in [6.45, 7) is 7.09.